The third-order valence-electron chi connectivity index (χ3n) is 4.60. The number of carbonyl (C=O) groups excluding carboxylic acids is 2. The molecule has 160 valence electrons. The fourth-order valence-corrected chi connectivity index (χ4v) is 3.27. The number of hydrogen-bond donors (Lipinski definition) is 2. The zero-order valence-electron chi connectivity index (χ0n) is 16.4. The highest BCUT2D eigenvalue weighted by atomic mass is 19.4. The Hall–Kier alpha value is -3.17. The molecule has 10 heteroatoms. The van der Waals surface area contributed by atoms with E-state index >= 15 is 0 Å². The fraction of sp³-hybridized carbons (Fsp3) is 0.400. The van der Waals surface area contributed by atoms with Gasteiger partial charge in [0.1, 0.15) is 5.56 Å². The molecule has 0 saturated heterocycles. The number of rotatable bonds is 5. The Balaban J connectivity index is 1.71. The lowest BCUT2D eigenvalue weighted by Crippen LogP contribution is -2.34. The molecule has 30 heavy (non-hydrogen) atoms. The maximum absolute atomic E-state index is 12.5. The number of halogens is 3. The van der Waals surface area contributed by atoms with E-state index in [0.29, 0.717) is 29.7 Å². The molecule has 2 N–H and O–H groups in total. The maximum atomic E-state index is 12.5. The van der Waals surface area contributed by atoms with Gasteiger partial charge in [0, 0.05) is 36.5 Å². The number of nitrogens with zero attached hydrogens (tertiary/aromatic N) is 1. The number of alkyl halides is 3. The highest BCUT2D eigenvalue weighted by Crippen LogP contribution is 2.33. The first-order valence-corrected chi connectivity index (χ1v) is 9.16. The molecule has 0 unspecified atom stereocenters. The van der Waals surface area contributed by atoms with Crippen LogP contribution in [0.2, 0.25) is 0 Å². The van der Waals surface area contributed by atoms with Crippen LogP contribution in [0.4, 0.5) is 13.2 Å². The van der Waals surface area contributed by atoms with Crippen LogP contribution < -0.4 is 15.6 Å². The molecule has 0 aliphatic heterocycles. The summed E-state index contributed by atoms with van der Waals surface area (Å²) in [6.07, 6.45) is -2.42. The van der Waals surface area contributed by atoms with E-state index in [2.05, 4.69) is 20.0 Å². The predicted molar refractivity (Wildman–Crippen MR) is 100 cm³/mol. The number of ketones is 1. The van der Waals surface area contributed by atoms with Gasteiger partial charge in [0.25, 0.3) is 11.5 Å². The number of fused-ring (bicyclic) bond motifs is 1. The second-order valence-corrected chi connectivity index (χ2v) is 7.93. The van der Waals surface area contributed by atoms with Crippen molar-refractivity contribution in [2.45, 2.75) is 39.4 Å². The summed E-state index contributed by atoms with van der Waals surface area (Å²) in [6, 6.07) is 4.05. The maximum Gasteiger partial charge on any atom is 0.422 e. The Morgan fingerprint density at radius 2 is 2.00 bits per heavy atom. The van der Waals surface area contributed by atoms with Crippen LogP contribution in [-0.4, -0.2) is 34.4 Å². The van der Waals surface area contributed by atoms with Crippen molar-refractivity contribution in [3.63, 3.8) is 0 Å². The van der Waals surface area contributed by atoms with Gasteiger partial charge in [0.15, 0.2) is 12.4 Å². The molecule has 0 saturated carbocycles. The van der Waals surface area contributed by atoms with E-state index in [1.165, 1.54) is 24.4 Å². The van der Waals surface area contributed by atoms with Crippen molar-refractivity contribution < 1.29 is 27.5 Å². The summed E-state index contributed by atoms with van der Waals surface area (Å²) in [5.41, 5.74) is 0.182. The van der Waals surface area contributed by atoms with Crippen molar-refractivity contribution in [1.82, 2.24) is 15.3 Å². The summed E-state index contributed by atoms with van der Waals surface area (Å²) in [7, 11) is 0. The molecule has 1 aliphatic rings. The molecule has 0 atom stereocenters. The summed E-state index contributed by atoms with van der Waals surface area (Å²) in [5.74, 6) is -1.09. The smallest absolute Gasteiger partial charge is 0.422 e. The fourth-order valence-electron chi connectivity index (χ4n) is 3.27. The van der Waals surface area contributed by atoms with Gasteiger partial charge in [-0.2, -0.15) is 13.2 Å². The first kappa shape index (κ1) is 21.5. The van der Waals surface area contributed by atoms with E-state index in [1.807, 2.05) is 13.8 Å². The predicted octanol–water partition coefficient (Wildman–Crippen LogP) is 2.80. The largest absolute Gasteiger partial charge is 0.468 e. The molecule has 2 aromatic heterocycles. The third-order valence-corrected chi connectivity index (χ3v) is 4.60. The van der Waals surface area contributed by atoms with Crippen molar-refractivity contribution in [3.05, 3.63) is 57.1 Å². The minimum absolute atomic E-state index is 0.0682. The minimum Gasteiger partial charge on any atom is -0.468 e. The SMILES string of the molecule is CC1(C)CC(=O)c2cc(C(=O)NCc3ccnc(OCC(F)(F)F)c3)c(=O)[nH]c2C1. The number of amides is 1. The Labute approximate surface area is 169 Å². The van der Waals surface area contributed by atoms with Gasteiger partial charge in [-0.3, -0.25) is 14.4 Å². The molecule has 7 nitrogen and oxygen atoms in total. The van der Waals surface area contributed by atoms with Crippen LogP contribution in [0.15, 0.2) is 29.2 Å². The average Bonchev–Trinajstić information content (AvgIpc) is 2.63. The lowest BCUT2D eigenvalue weighted by molar-refractivity contribution is -0.154. The lowest BCUT2D eigenvalue weighted by Gasteiger charge is -2.29. The minimum atomic E-state index is -4.49. The standard InChI is InChI=1S/C20H20F3N3O4/c1-19(2)7-14-12(15(27)8-19)6-13(18(29)26-14)17(28)25-9-11-3-4-24-16(5-11)30-10-20(21,22)23/h3-6H,7-10H2,1-2H3,(H,25,28)(H,26,29). The van der Waals surface area contributed by atoms with Crippen molar-refractivity contribution in [2.24, 2.45) is 5.41 Å². The van der Waals surface area contributed by atoms with Crippen molar-refractivity contribution in [2.75, 3.05) is 6.61 Å². The number of carbonyl (C=O) groups is 2. The quantitative estimate of drug-likeness (QED) is 0.770. The Bertz CT molecular complexity index is 1040. The van der Waals surface area contributed by atoms with E-state index in [1.54, 1.807) is 0 Å². The van der Waals surface area contributed by atoms with Crippen LogP contribution >= 0.6 is 0 Å². The highest BCUT2D eigenvalue weighted by molar-refractivity contribution is 6.02. The number of H-pyrrole nitrogens is 1. The van der Waals surface area contributed by atoms with Gasteiger partial charge < -0.3 is 15.0 Å². The number of aromatic amines is 1. The van der Waals surface area contributed by atoms with Gasteiger partial charge in [0.2, 0.25) is 5.88 Å². The van der Waals surface area contributed by atoms with E-state index in [4.69, 9.17) is 0 Å². The molecule has 2 heterocycles. The molecular weight excluding hydrogens is 403 g/mol. The van der Waals surface area contributed by atoms with Crippen LogP contribution in [0.5, 0.6) is 5.88 Å². The van der Waals surface area contributed by atoms with E-state index < -0.39 is 24.2 Å². The second-order valence-electron chi connectivity index (χ2n) is 7.93. The summed E-state index contributed by atoms with van der Waals surface area (Å²) in [6.45, 7) is 2.30. The Kier molecular flexibility index (Phi) is 5.69. The Morgan fingerprint density at radius 1 is 1.27 bits per heavy atom. The van der Waals surface area contributed by atoms with Crippen molar-refractivity contribution in [3.8, 4) is 5.88 Å². The normalized spacial score (nSPS) is 15.4. The second kappa shape index (κ2) is 7.92. The molecule has 0 bridgehead atoms. The van der Waals surface area contributed by atoms with E-state index in [-0.39, 0.29) is 29.2 Å². The number of aromatic nitrogens is 2. The van der Waals surface area contributed by atoms with Crippen LogP contribution in [0.25, 0.3) is 0 Å². The van der Waals surface area contributed by atoms with Crippen LogP contribution in [-0.2, 0) is 13.0 Å². The topological polar surface area (TPSA) is 101 Å². The van der Waals surface area contributed by atoms with Gasteiger partial charge in [0.05, 0.1) is 0 Å². The van der Waals surface area contributed by atoms with E-state index in [0.717, 1.165) is 0 Å². The summed E-state index contributed by atoms with van der Waals surface area (Å²) in [5, 5.41) is 2.52. The molecular formula is C20H20F3N3O4. The molecule has 0 aromatic carbocycles. The molecule has 1 amide bonds. The molecule has 0 fully saturated rings. The van der Waals surface area contributed by atoms with Gasteiger partial charge in [-0.1, -0.05) is 13.8 Å². The number of Topliss-reactive ketones (excluding diaryl/α,β-unsaturated/α-hetero) is 1. The number of hydrogen-bond acceptors (Lipinski definition) is 5. The number of ether oxygens (including phenoxy) is 1. The number of pyridine rings is 2. The zero-order chi connectivity index (χ0) is 22.1. The van der Waals surface area contributed by atoms with Crippen LogP contribution in [0, 0.1) is 5.41 Å². The molecule has 3 rings (SSSR count). The summed E-state index contributed by atoms with van der Waals surface area (Å²) < 4.78 is 41.3. The van der Waals surface area contributed by atoms with Crippen molar-refractivity contribution >= 4 is 11.7 Å². The summed E-state index contributed by atoms with van der Waals surface area (Å²) >= 11 is 0. The monoisotopic (exact) mass is 423 g/mol. The molecule has 0 radical (unpaired) electrons. The average molecular weight is 423 g/mol. The third kappa shape index (κ3) is 5.25. The first-order valence-electron chi connectivity index (χ1n) is 9.16. The number of nitrogens with one attached hydrogen (secondary N) is 2. The zero-order valence-corrected chi connectivity index (χ0v) is 16.4. The van der Waals surface area contributed by atoms with Crippen molar-refractivity contribution in [1.29, 1.82) is 0 Å². The molecule has 0 spiro atoms. The highest BCUT2D eigenvalue weighted by Gasteiger charge is 2.32. The van der Waals surface area contributed by atoms with Gasteiger partial charge >= 0.3 is 6.18 Å². The first-order chi connectivity index (χ1) is 13.9. The molecule has 1 aliphatic carbocycles. The Morgan fingerprint density at radius 3 is 2.70 bits per heavy atom. The van der Waals surface area contributed by atoms with Gasteiger partial charge in [-0.15, -0.1) is 0 Å². The van der Waals surface area contributed by atoms with Crippen LogP contribution in [0.3, 0.4) is 0 Å². The van der Waals surface area contributed by atoms with Gasteiger partial charge in [-0.25, -0.2) is 4.98 Å². The summed E-state index contributed by atoms with van der Waals surface area (Å²) in [4.78, 5) is 43.5. The van der Waals surface area contributed by atoms with E-state index in [9.17, 15) is 27.6 Å². The van der Waals surface area contributed by atoms with Gasteiger partial charge in [-0.05, 0) is 29.5 Å². The molecule has 2 aromatic rings. The lowest BCUT2D eigenvalue weighted by atomic mass is 9.75. The van der Waals surface area contributed by atoms with Crippen LogP contribution in [0.1, 0.15) is 52.2 Å².